The summed E-state index contributed by atoms with van der Waals surface area (Å²) < 4.78 is 26.5. The normalized spacial score (nSPS) is 17.1. The van der Waals surface area contributed by atoms with Crippen molar-refractivity contribution in [2.24, 2.45) is 4.40 Å². The lowest BCUT2D eigenvalue weighted by atomic mass is 10.2. The van der Waals surface area contributed by atoms with E-state index in [2.05, 4.69) is 4.40 Å². The van der Waals surface area contributed by atoms with Crippen LogP contribution in [-0.4, -0.2) is 31.6 Å². The van der Waals surface area contributed by atoms with Gasteiger partial charge in [-0.1, -0.05) is 17.7 Å². The number of rotatable bonds is 0. The first-order valence-electron chi connectivity index (χ1n) is 4.00. The molecule has 1 aromatic carbocycles. The van der Waals surface area contributed by atoms with Crippen LogP contribution in [0.5, 0.6) is 0 Å². The fourth-order valence-electron chi connectivity index (χ4n) is 1.37. The van der Waals surface area contributed by atoms with Crippen LogP contribution in [0.25, 0.3) is 0 Å². The summed E-state index contributed by atoms with van der Waals surface area (Å²) in [5, 5.41) is 10.1. The summed E-state index contributed by atoms with van der Waals surface area (Å²) in [7, 11) is -2.44. The van der Waals surface area contributed by atoms with Crippen LogP contribution in [-0.2, 0) is 10.0 Å². The Bertz CT molecular complexity index is 551. The Labute approximate surface area is 91.6 Å². The Balaban J connectivity index is 2.80. The van der Waals surface area contributed by atoms with E-state index >= 15 is 0 Å². The van der Waals surface area contributed by atoms with Crippen molar-refractivity contribution in [2.45, 2.75) is 4.90 Å². The summed E-state index contributed by atoms with van der Waals surface area (Å²) in [5.74, 6) is -0.0596. The lowest BCUT2D eigenvalue weighted by molar-refractivity contribution is 0.0146. The molecule has 0 unspecified atom stereocenters. The predicted molar refractivity (Wildman–Crippen MR) is 54.7 cm³/mol. The van der Waals surface area contributed by atoms with E-state index in [0.717, 1.165) is 0 Å². The molecule has 2 rings (SSSR count). The summed E-state index contributed by atoms with van der Waals surface area (Å²) in [6.07, 6.45) is 0. The molecule has 0 amide bonds. The molecule has 0 spiro atoms. The Morgan fingerprint density at radius 2 is 2.13 bits per heavy atom. The van der Waals surface area contributed by atoms with Crippen molar-refractivity contribution in [1.29, 1.82) is 0 Å². The van der Waals surface area contributed by atoms with E-state index in [9.17, 15) is 13.6 Å². The minimum atomic E-state index is -3.72. The third-order valence-corrected chi connectivity index (χ3v) is 3.61. The molecule has 7 heteroatoms. The van der Waals surface area contributed by atoms with Crippen LogP contribution in [0.15, 0.2) is 27.5 Å². The van der Waals surface area contributed by atoms with Crippen molar-refractivity contribution >= 4 is 27.5 Å². The maximum Gasteiger partial charge on any atom is 0.285 e. The fourth-order valence-corrected chi connectivity index (χ4v) is 2.93. The van der Waals surface area contributed by atoms with Crippen LogP contribution in [0, 0.1) is 0 Å². The highest BCUT2D eigenvalue weighted by Crippen LogP contribution is 2.31. The van der Waals surface area contributed by atoms with Crippen molar-refractivity contribution in [3.8, 4) is 0 Å². The zero-order chi connectivity index (χ0) is 11.2. The molecule has 0 aromatic heterocycles. The van der Waals surface area contributed by atoms with Gasteiger partial charge >= 0.3 is 0 Å². The van der Waals surface area contributed by atoms with Gasteiger partial charge in [0, 0.05) is 7.05 Å². The first kappa shape index (κ1) is 10.4. The number of hydrogen-bond donors (Lipinski definition) is 1. The van der Waals surface area contributed by atoms with Crippen LogP contribution in [0.4, 0.5) is 0 Å². The average Bonchev–Trinajstić information content (AvgIpc) is 2.40. The van der Waals surface area contributed by atoms with Crippen LogP contribution in [0.2, 0.25) is 5.02 Å². The number of benzene rings is 1. The molecule has 0 atom stereocenters. The van der Waals surface area contributed by atoms with Crippen molar-refractivity contribution in [2.75, 3.05) is 7.05 Å². The third kappa shape index (κ3) is 1.50. The maximum absolute atomic E-state index is 11.5. The standard InChI is InChI=1S/C8H7ClN2O3S/c1-11(12)8-7-5(9)3-2-4-6(7)15(13,14)10-8/h2-4,12H,1H3. The van der Waals surface area contributed by atoms with Gasteiger partial charge < -0.3 is 0 Å². The second-order valence-corrected chi connectivity index (χ2v) is 5.01. The second kappa shape index (κ2) is 3.19. The quantitative estimate of drug-likeness (QED) is 0.696. The van der Waals surface area contributed by atoms with Gasteiger partial charge in [0.25, 0.3) is 10.0 Å². The molecular weight excluding hydrogens is 240 g/mol. The third-order valence-electron chi connectivity index (χ3n) is 1.99. The topological polar surface area (TPSA) is 70.0 Å². The summed E-state index contributed by atoms with van der Waals surface area (Å²) in [6.45, 7) is 0. The number of amidine groups is 1. The largest absolute Gasteiger partial charge is 0.287 e. The summed E-state index contributed by atoms with van der Waals surface area (Å²) >= 11 is 5.85. The molecule has 0 saturated heterocycles. The molecule has 1 N–H and O–H groups in total. The fraction of sp³-hybridized carbons (Fsp3) is 0.125. The van der Waals surface area contributed by atoms with E-state index in [4.69, 9.17) is 11.6 Å². The molecule has 0 aliphatic carbocycles. The lowest BCUT2D eigenvalue weighted by Crippen LogP contribution is -2.22. The Kier molecular flexibility index (Phi) is 2.22. The van der Waals surface area contributed by atoms with E-state index in [0.29, 0.717) is 5.06 Å². The molecule has 1 heterocycles. The van der Waals surface area contributed by atoms with Crippen molar-refractivity contribution in [1.82, 2.24) is 5.06 Å². The highest BCUT2D eigenvalue weighted by Gasteiger charge is 2.32. The molecular formula is C8H7ClN2O3S. The number of hydroxylamine groups is 2. The minimum absolute atomic E-state index is 0.0194. The molecule has 0 saturated carbocycles. The van der Waals surface area contributed by atoms with Gasteiger partial charge in [0.1, 0.15) is 4.90 Å². The Morgan fingerprint density at radius 3 is 2.73 bits per heavy atom. The van der Waals surface area contributed by atoms with E-state index in [1.807, 2.05) is 0 Å². The smallest absolute Gasteiger partial charge is 0.285 e. The molecule has 80 valence electrons. The van der Waals surface area contributed by atoms with Gasteiger partial charge in [-0.15, -0.1) is 4.40 Å². The molecule has 1 aromatic rings. The number of halogens is 1. The second-order valence-electron chi connectivity index (χ2n) is 3.03. The summed E-state index contributed by atoms with van der Waals surface area (Å²) in [4.78, 5) is 0.0194. The summed E-state index contributed by atoms with van der Waals surface area (Å²) in [6, 6.07) is 4.46. The lowest BCUT2D eigenvalue weighted by Gasteiger charge is -2.10. The van der Waals surface area contributed by atoms with E-state index < -0.39 is 10.0 Å². The van der Waals surface area contributed by atoms with Gasteiger partial charge in [-0.3, -0.25) is 5.21 Å². The molecule has 5 nitrogen and oxygen atoms in total. The SMILES string of the molecule is CN(O)C1=NS(=O)(=O)c2cccc(Cl)c21. The van der Waals surface area contributed by atoms with Gasteiger partial charge in [0.2, 0.25) is 0 Å². The molecule has 15 heavy (non-hydrogen) atoms. The molecule has 1 aliphatic rings. The van der Waals surface area contributed by atoms with E-state index in [1.165, 1.54) is 19.2 Å². The van der Waals surface area contributed by atoms with Crippen molar-refractivity contribution < 1.29 is 13.6 Å². The first-order valence-corrected chi connectivity index (χ1v) is 5.82. The van der Waals surface area contributed by atoms with Crippen LogP contribution in [0.1, 0.15) is 5.56 Å². The highest BCUT2D eigenvalue weighted by atomic mass is 35.5. The molecule has 0 fully saturated rings. The predicted octanol–water partition coefficient (Wildman–Crippen LogP) is 1.11. The highest BCUT2D eigenvalue weighted by molar-refractivity contribution is 7.90. The zero-order valence-corrected chi connectivity index (χ0v) is 9.25. The van der Waals surface area contributed by atoms with Gasteiger partial charge in [-0.25, -0.2) is 5.06 Å². The zero-order valence-electron chi connectivity index (χ0n) is 7.68. The van der Waals surface area contributed by atoms with Crippen molar-refractivity contribution in [3.05, 3.63) is 28.8 Å². The van der Waals surface area contributed by atoms with E-state index in [-0.39, 0.29) is 21.3 Å². The van der Waals surface area contributed by atoms with Gasteiger partial charge in [0.15, 0.2) is 5.84 Å². The maximum atomic E-state index is 11.5. The van der Waals surface area contributed by atoms with Crippen LogP contribution >= 0.6 is 11.6 Å². The number of sulfonamides is 1. The van der Waals surface area contributed by atoms with Crippen LogP contribution in [0.3, 0.4) is 0 Å². The average molecular weight is 247 g/mol. The number of nitrogens with zero attached hydrogens (tertiary/aromatic N) is 2. The Morgan fingerprint density at radius 1 is 1.47 bits per heavy atom. The molecule has 0 radical (unpaired) electrons. The van der Waals surface area contributed by atoms with Gasteiger partial charge in [-0.2, -0.15) is 8.42 Å². The molecule has 1 aliphatic heterocycles. The molecule has 0 bridgehead atoms. The monoisotopic (exact) mass is 246 g/mol. The van der Waals surface area contributed by atoms with Crippen molar-refractivity contribution in [3.63, 3.8) is 0 Å². The minimum Gasteiger partial charge on any atom is -0.287 e. The summed E-state index contributed by atoms with van der Waals surface area (Å²) in [5.41, 5.74) is 0.240. The van der Waals surface area contributed by atoms with Gasteiger partial charge in [0.05, 0.1) is 10.6 Å². The first-order chi connectivity index (χ1) is 6.93. The number of hydrogen-bond acceptors (Lipinski definition) is 4. The van der Waals surface area contributed by atoms with Gasteiger partial charge in [-0.05, 0) is 12.1 Å². The Hall–Kier alpha value is -1.11. The van der Waals surface area contributed by atoms with E-state index in [1.54, 1.807) is 6.07 Å². The van der Waals surface area contributed by atoms with Crippen LogP contribution < -0.4 is 0 Å². The number of fused-ring (bicyclic) bond motifs is 1.